The number of anilines is 1. The maximum absolute atomic E-state index is 13.0. The molecule has 0 saturated carbocycles. The molecule has 7 nitrogen and oxygen atoms in total. The van der Waals surface area contributed by atoms with Crippen LogP contribution in [0.3, 0.4) is 0 Å². The number of nitrogens with one attached hydrogen (secondary N) is 1. The van der Waals surface area contributed by atoms with E-state index in [4.69, 9.17) is 4.74 Å². The minimum absolute atomic E-state index is 0.0114. The molecule has 160 valence electrons. The van der Waals surface area contributed by atoms with Gasteiger partial charge in [-0.3, -0.25) is 9.78 Å². The van der Waals surface area contributed by atoms with E-state index in [1.807, 2.05) is 26.0 Å². The second-order valence-corrected chi connectivity index (χ2v) is 10.2. The number of piperidine rings is 1. The molecule has 1 aromatic carbocycles. The fourth-order valence-corrected chi connectivity index (χ4v) is 5.90. The molecule has 0 aliphatic carbocycles. The first-order chi connectivity index (χ1) is 14.3. The molecule has 0 radical (unpaired) electrons. The van der Waals surface area contributed by atoms with Gasteiger partial charge in [0, 0.05) is 19.3 Å². The first-order valence-electron chi connectivity index (χ1n) is 10.3. The van der Waals surface area contributed by atoms with E-state index in [9.17, 15) is 13.2 Å². The fourth-order valence-electron chi connectivity index (χ4n) is 4.37. The summed E-state index contributed by atoms with van der Waals surface area (Å²) in [5.41, 5.74) is 1.20. The molecule has 1 N–H and O–H groups in total. The van der Waals surface area contributed by atoms with Crippen LogP contribution in [0.2, 0.25) is 0 Å². The zero-order valence-electron chi connectivity index (χ0n) is 17.2. The quantitative estimate of drug-likeness (QED) is 0.807. The summed E-state index contributed by atoms with van der Waals surface area (Å²) in [6, 6.07) is 10.5. The maximum atomic E-state index is 13.0. The van der Waals surface area contributed by atoms with Crippen molar-refractivity contribution in [3.63, 3.8) is 0 Å². The van der Waals surface area contributed by atoms with Gasteiger partial charge in [-0.1, -0.05) is 24.6 Å². The van der Waals surface area contributed by atoms with Gasteiger partial charge < -0.3 is 10.1 Å². The van der Waals surface area contributed by atoms with Crippen LogP contribution in [-0.4, -0.2) is 48.4 Å². The monoisotopic (exact) mass is 429 g/mol. The lowest BCUT2D eigenvalue weighted by atomic mass is 9.81. The van der Waals surface area contributed by atoms with Crippen molar-refractivity contribution < 1.29 is 17.9 Å². The number of rotatable bonds is 4. The van der Waals surface area contributed by atoms with Gasteiger partial charge in [0.25, 0.3) is 5.91 Å². The largest absolute Gasteiger partial charge is 0.362 e. The van der Waals surface area contributed by atoms with Crippen LogP contribution in [0.1, 0.15) is 31.7 Å². The van der Waals surface area contributed by atoms with E-state index < -0.39 is 21.7 Å². The summed E-state index contributed by atoms with van der Waals surface area (Å²) >= 11 is 0. The van der Waals surface area contributed by atoms with Crippen molar-refractivity contribution in [3.8, 4) is 0 Å². The molecule has 4 rings (SSSR count). The number of nitrogens with zero attached hydrogens (tertiary/aromatic N) is 2. The van der Waals surface area contributed by atoms with Crippen LogP contribution in [0.5, 0.6) is 0 Å². The minimum atomic E-state index is -3.54. The van der Waals surface area contributed by atoms with Crippen molar-refractivity contribution in [2.45, 2.75) is 49.7 Å². The lowest BCUT2D eigenvalue weighted by Gasteiger charge is -2.43. The molecule has 1 aromatic heterocycles. The van der Waals surface area contributed by atoms with Crippen molar-refractivity contribution in [1.82, 2.24) is 9.29 Å². The average Bonchev–Trinajstić information content (AvgIpc) is 3.16. The standard InChI is InChI=1S/C22H27N3O4S/c1-16-5-7-19(8-6-16)30(27,28)25-13-11-22(17(2)15-25)10-9-20(29-22)21(26)24-18-4-3-12-23-14-18/h3-8,12,14,17,20H,9-11,13,15H2,1-2H3,(H,24,26)/t17-,20+,22+/m0/s1. The Kier molecular flexibility index (Phi) is 5.65. The van der Waals surface area contributed by atoms with E-state index in [0.29, 0.717) is 36.5 Å². The number of ether oxygens (including phenoxy) is 1. The second kappa shape index (κ2) is 8.09. The summed E-state index contributed by atoms with van der Waals surface area (Å²) in [5.74, 6) is -0.190. The topological polar surface area (TPSA) is 88.6 Å². The average molecular weight is 430 g/mol. The molecule has 2 aliphatic rings. The lowest BCUT2D eigenvalue weighted by molar-refractivity contribution is -0.140. The van der Waals surface area contributed by atoms with E-state index in [1.165, 1.54) is 0 Å². The van der Waals surface area contributed by atoms with Crippen LogP contribution < -0.4 is 5.32 Å². The molecule has 3 heterocycles. The third-order valence-corrected chi connectivity index (χ3v) is 8.13. The summed E-state index contributed by atoms with van der Waals surface area (Å²) in [6.07, 6.45) is 4.67. The zero-order chi connectivity index (χ0) is 21.4. The molecule has 2 saturated heterocycles. The highest BCUT2D eigenvalue weighted by Gasteiger charge is 2.50. The van der Waals surface area contributed by atoms with Crippen LogP contribution in [0.15, 0.2) is 53.7 Å². The van der Waals surface area contributed by atoms with Crippen LogP contribution in [0.25, 0.3) is 0 Å². The number of aryl methyl sites for hydroxylation is 1. The smallest absolute Gasteiger partial charge is 0.253 e. The molecule has 1 amide bonds. The van der Waals surface area contributed by atoms with Gasteiger partial charge in [-0.2, -0.15) is 4.31 Å². The Morgan fingerprint density at radius 2 is 2.00 bits per heavy atom. The number of hydrogen-bond donors (Lipinski definition) is 1. The summed E-state index contributed by atoms with van der Waals surface area (Å²) in [6.45, 7) is 4.71. The number of carbonyl (C=O) groups excluding carboxylic acids is 1. The van der Waals surface area contributed by atoms with E-state index in [1.54, 1.807) is 41.0 Å². The summed E-state index contributed by atoms with van der Waals surface area (Å²) in [7, 11) is -3.54. The van der Waals surface area contributed by atoms with Gasteiger partial charge in [-0.15, -0.1) is 0 Å². The fraction of sp³-hybridized carbons (Fsp3) is 0.455. The number of carbonyl (C=O) groups is 1. The SMILES string of the molecule is Cc1ccc(S(=O)(=O)N2CC[C@]3(CC[C@H](C(=O)Nc4cccnc4)O3)[C@@H](C)C2)cc1. The highest BCUT2D eigenvalue weighted by molar-refractivity contribution is 7.89. The summed E-state index contributed by atoms with van der Waals surface area (Å²) in [4.78, 5) is 16.9. The Morgan fingerprint density at radius 1 is 1.23 bits per heavy atom. The molecule has 1 spiro atoms. The van der Waals surface area contributed by atoms with E-state index in [-0.39, 0.29) is 11.8 Å². The number of amides is 1. The highest BCUT2D eigenvalue weighted by Crippen LogP contribution is 2.43. The molecule has 3 atom stereocenters. The van der Waals surface area contributed by atoms with Gasteiger partial charge in [0.05, 0.1) is 22.4 Å². The van der Waals surface area contributed by atoms with Gasteiger partial charge in [0.2, 0.25) is 10.0 Å². The van der Waals surface area contributed by atoms with Crippen molar-refractivity contribution in [1.29, 1.82) is 0 Å². The van der Waals surface area contributed by atoms with Gasteiger partial charge in [0.1, 0.15) is 6.10 Å². The van der Waals surface area contributed by atoms with Gasteiger partial charge in [-0.05, 0) is 56.4 Å². The van der Waals surface area contributed by atoms with Crippen molar-refractivity contribution in [2.75, 3.05) is 18.4 Å². The van der Waals surface area contributed by atoms with Crippen molar-refractivity contribution in [2.24, 2.45) is 5.92 Å². The van der Waals surface area contributed by atoms with Gasteiger partial charge in [0.15, 0.2) is 0 Å². The van der Waals surface area contributed by atoms with E-state index >= 15 is 0 Å². The third-order valence-electron chi connectivity index (χ3n) is 6.25. The predicted octanol–water partition coefficient (Wildman–Crippen LogP) is 2.98. The number of hydrogen-bond acceptors (Lipinski definition) is 5. The Morgan fingerprint density at radius 3 is 2.67 bits per heavy atom. The highest BCUT2D eigenvalue weighted by atomic mass is 32.2. The van der Waals surface area contributed by atoms with E-state index in [2.05, 4.69) is 10.3 Å². The molecule has 2 aliphatic heterocycles. The Balaban J connectivity index is 1.42. The molecule has 0 bridgehead atoms. The Hall–Kier alpha value is -2.29. The van der Waals surface area contributed by atoms with Gasteiger partial charge in [-0.25, -0.2) is 8.42 Å². The maximum Gasteiger partial charge on any atom is 0.253 e. The Labute approximate surface area is 177 Å². The molecule has 2 aromatic rings. The molecular weight excluding hydrogens is 402 g/mol. The van der Waals surface area contributed by atoms with Crippen LogP contribution in [0.4, 0.5) is 5.69 Å². The predicted molar refractivity (Wildman–Crippen MR) is 113 cm³/mol. The first kappa shape index (κ1) is 21.0. The second-order valence-electron chi connectivity index (χ2n) is 8.27. The molecular formula is C22H27N3O4S. The zero-order valence-corrected chi connectivity index (χ0v) is 18.1. The van der Waals surface area contributed by atoms with Crippen LogP contribution >= 0.6 is 0 Å². The normalized spacial score (nSPS) is 27.3. The summed E-state index contributed by atoms with van der Waals surface area (Å²) in [5, 5.41) is 2.85. The van der Waals surface area contributed by atoms with E-state index in [0.717, 1.165) is 12.0 Å². The molecule has 30 heavy (non-hydrogen) atoms. The number of pyridine rings is 1. The number of aromatic nitrogens is 1. The van der Waals surface area contributed by atoms with Crippen molar-refractivity contribution >= 4 is 21.6 Å². The molecule has 8 heteroatoms. The first-order valence-corrected chi connectivity index (χ1v) is 11.7. The third kappa shape index (κ3) is 3.99. The number of sulfonamides is 1. The van der Waals surface area contributed by atoms with Gasteiger partial charge >= 0.3 is 0 Å². The summed E-state index contributed by atoms with van der Waals surface area (Å²) < 4.78 is 33.9. The Bertz CT molecular complexity index is 1010. The van der Waals surface area contributed by atoms with Crippen LogP contribution in [0, 0.1) is 12.8 Å². The molecule has 0 unspecified atom stereocenters. The molecule has 2 fully saturated rings. The van der Waals surface area contributed by atoms with Crippen LogP contribution in [-0.2, 0) is 19.6 Å². The van der Waals surface area contributed by atoms with Crippen molar-refractivity contribution in [3.05, 3.63) is 54.4 Å². The lowest BCUT2D eigenvalue weighted by Crippen LogP contribution is -2.52. The minimum Gasteiger partial charge on any atom is -0.362 e. The number of benzene rings is 1.